The van der Waals surface area contributed by atoms with Crippen molar-refractivity contribution in [3.8, 4) is 5.75 Å². The molecule has 0 saturated carbocycles. The van der Waals surface area contributed by atoms with Gasteiger partial charge in [-0.2, -0.15) is 0 Å². The topological polar surface area (TPSA) is 79.9 Å². The molecule has 150 valence electrons. The third kappa shape index (κ3) is 4.72. The van der Waals surface area contributed by atoms with Gasteiger partial charge in [-0.3, -0.25) is 9.59 Å². The van der Waals surface area contributed by atoms with Crippen LogP contribution in [0.2, 0.25) is 0 Å². The Kier molecular flexibility index (Phi) is 7.47. The molecule has 27 heavy (non-hydrogen) atoms. The number of hydrogen-bond acceptors (Lipinski definition) is 5. The molecule has 2 aliphatic rings. The van der Waals surface area contributed by atoms with Crippen LogP contribution in [-0.2, 0) is 20.9 Å². The minimum Gasteiger partial charge on any atom is -0.497 e. The largest absolute Gasteiger partial charge is 0.497 e. The molecule has 0 aliphatic carbocycles. The van der Waals surface area contributed by atoms with Crippen molar-refractivity contribution in [3.63, 3.8) is 0 Å². The lowest BCUT2D eigenvalue weighted by molar-refractivity contribution is -0.149. The van der Waals surface area contributed by atoms with Crippen molar-refractivity contribution in [1.29, 1.82) is 0 Å². The lowest BCUT2D eigenvalue weighted by Crippen LogP contribution is -2.57. The zero-order chi connectivity index (χ0) is 18.6. The van der Waals surface area contributed by atoms with Crippen molar-refractivity contribution in [2.24, 2.45) is 0 Å². The van der Waals surface area contributed by atoms with Gasteiger partial charge >= 0.3 is 0 Å². The first-order chi connectivity index (χ1) is 12.6. The number of methoxy groups -OCH3 is 2. The molecular weight excluding hydrogens is 370 g/mol. The molecule has 1 unspecified atom stereocenters. The number of carbonyl (C=O) groups excluding carboxylic acids is 2. The average molecular weight is 398 g/mol. The highest BCUT2D eigenvalue weighted by Crippen LogP contribution is 2.24. The summed E-state index contributed by atoms with van der Waals surface area (Å²) >= 11 is 0. The van der Waals surface area contributed by atoms with E-state index in [0.29, 0.717) is 32.4 Å². The molecule has 0 spiro atoms. The number of piperidine rings is 1. The Labute approximate surface area is 166 Å². The minimum absolute atomic E-state index is 0. The van der Waals surface area contributed by atoms with E-state index < -0.39 is 11.6 Å². The van der Waals surface area contributed by atoms with Gasteiger partial charge in [-0.05, 0) is 50.0 Å². The molecule has 0 aromatic heterocycles. The standard InChI is InChI=1S/C19H27N3O4.ClH/c1-25-15-5-3-14(4-6-15)13-22-12-7-16(17(22)23)21-18(24)19(26-2)8-10-20-11-9-19;/h3-6,16,20H,7-13H2,1-2H3,(H,21,24);1H. The van der Waals surface area contributed by atoms with Gasteiger partial charge in [0, 0.05) is 20.2 Å². The van der Waals surface area contributed by atoms with Crippen molar-refractivity contribution in [1.82, 2.24) is 15.5 Å². The van der Waals surface area contributed by atoms with Gasteiger partial charge < -0.3 is 25.0 Å². The minimum atomic E-state index is -0.824. The summed E-state index contributed by atoms with van der Waals surface area (Å²) in [6.45, 7) is 2.65. The first-order valence-corrected chi connectivity index (χ1v) is 9.06. The van der Waals surface area contributed by atoms with E-state index in [4.69, 9.17) is 9.47 Å². The van der Waals surface area contributed by atoms with Crippen LogP contribution in [0.15, 0.2) is 24.3 Å². The van der Waals surface area contributed by atoms with Crippen molar-refractivity contribution >= 4 is 24.2 Å². The van der Waals surface area contributed by atoms with Crippen molar-refractivity contribution in [2.45, 2.75) is 37.5 Å². The number of halogens is 1. The number of likely N-dealkylation sites (tertiary alicyclic amines) is 1. The Hall–Kier alpha value is -1.83. The number of nitrogens with zero attached hydrogens (tertiary/aromatic N) is 1. The van der Waals surface area contributed by atoms with Gasteiger partial charge in [-0.1, -0.05) is 12.1 Å². The van der Waals surface area contributed by atoms with Crippen molar-refractivity contribution in [3.05, 3.63) is 29.8 Å². The van der Waals surface area contributed by atoms with Crippen LogP contribution < -0.4 is 15.4 Å². The number of rotatable bonds is 6. The van der Waals surface area contributed by atoms with Crippen LogP contribution in [0.25, 0.3) is 0 Å². The second-order valence-corrected chi connectivity index (χ2v) is 6.87. The predicted molar refractivity (Wildman–Crippen MR) is 104 cm³/mol. The Morgan fingerprint density at radius 3 is 2.52 bits per heavy atom. The van der Waals surface area contributed by atoms with Crippen molar-refractivity contribution < 1.29 is 19.1 Å². The Morgan fingerprint density at radius 1 is 1.26 bits per heavy atom. The Bertz CT molecular complexity index is 647. The molecule has 1 aromatic carbocycles. The lowest BCUT2D eigenvalue weighted by Gasteiger charge is -2.35. The van der Waals surface area contributed by atoms with E-state index in [1.165, 1.54) is 0 Å². The third-order valence-electron chi connectivity index (χ3n) is 5.35. The van der Waals surface area contributed by atoms with Crippen LogP contribution in [-0.4, -0.2) is 62.2 Å². The van der Waals surface area contributed by atoms with Gasteiger partial charge in [0.25, 0.3) is 5.91 Å². The molecular formula is C19H28ClN3O4. The molecule has 0 radical (unpaired) electrons. The van der Waals surface area contributed by atoms with Crippen LogP contribution in [0.3, 0.4) is 0 Å². The first kappa shape index (κ1) is 21.5. The van der Waals surface area contributed by atoms with Gasteiger partial charge in [0.15, 0.2) is 0 Å². The molecule has 2 saturated heterocycles. The number of nitrogens with one attached hydrogen (secondary N) is 2. The number of carbonyl (C=O) groups is 2. The normalized spacial score (nSPS) is 21.5. The van der Waals surface area contributed by atoms with Gasteiger partial charge in [0.2, 0.25) is 5.91 Å². The third-order valence-corrected chi connectivity index (χ3v) is 5.35. The molecule has 7 nitrogen and oxygen atoms in total. The maximum atomic E-state index is 12.7. The van der Waals surface area contributed by atoms with Crippen LogP contribution in [0, 0.1) is 0 Å². The predicted octanol–water partition coefficient (Wildman–Crippen LogP) is 1.10. The van der Waals surface area contributed by atoms with E-state index in [0.717, 1.165) is 24.4 Å². The van der Waals surface area contributed by atoms with E-state index in [9.17, 15) is 9.59 Å². The Balaban J connectivity index is 0.00000261. The van der Waals surface area contributed by atoms with Gasteiger partial charge in [-0.15, -0.1) is 12.4 Å². The summed E-state index contributed by atoms with van der Waals surface area (Å²) in [5, 5.41) is 6.15. The summed E-state index contributed by atoms with van der Waals surface area (Å²) in [6.07, 6.45) is 1.86. The summed E-state index contributed by atoms with van der Waals surface area (Å²) < 4.78 is 10.7. The van der Waals surface area contributed by atoms with E-state index in [1.807, 2.05) is 24.3 Å². The molecule has 2 fully saturated rings. The summed E-state index contributed by atoms with van der Waals surface area (Å²) in [7, 11) is 3.19. The highest BCUT2D eigenvalue weighted by atomic mass is 35.5. The first-order valence-electron chi connectivity index (χ1n) is 9.06. The number of amides is 2. The Morgan fingerprint density at radius 2 is 1.93 bits per heavy atom. The van der Waals surface area contributed by atoms with E-state index in [-0.39, 0.29) is 24.2 Å². The molecule has 0 bridgehead atoms. The summed E-state index contributed by atoms with van der Waals surface area (Å²) in [6, 6.07) is 7.20. The SMILES string of the molecule is COc1ccc(CN2CCC(NC(=O)C3(OC)CCNCC3)C2=O)cc1.Cl. The molecule has 1 aromatic rings. The zero-order valence-corrected chi connectivity index (χ0v) is 16.6. The highest BCUT2D eigenvalue weighted by Gasteiger charge is 2.42. The molecule has 2 aliphatic heterocycles. The van der Waals surface area contributed by atoms with E-state index in [1.54, 1.807) is 19.1 Å². The molecule has 2 amide bonds. The second-order valence-electron chi connectivity index (χ2n) is 6.87. The molecule has 8 heteroatoms. The number of benzene rings is 1. The monoisotopic (exact) mass is 397 g/mol. The highest BCUT2D eigenvalue weighted by molar-refractivity contribution is 5.92. The maximum absolute atomic E-state index is 12.7. The van der Waals surface area contributed by atoms with Crippen LogP contribution in [0.1, 0.15) is 24.8 Å². The fourth-order valence-electron chi connectivity index (χ4n) is 3.63. The molecule has 2 heterocycles. The maximum Gasteiger partial charge on any atom is 0.252 e. The number of ether oxygens (including phenoxy) is 2. The number of hydrogen-bond donors (Lipinski definition) is 2. The average Bonchev–Trinajstić information content (AvgIpc) is 3.02. The quantitative estimate of drug-likeness (QED) is 0.751. The zero-order valence-electron chi connectivity index (χ0n) is 15.8. The molecule has 1 atom stereocenters. The van der Waals surface area contributed by atoms with Gasteiger partial charge in [0.05, 0.1) is 7.11 Å². The van der Waals surface area contributed by atoms with Crippen LogP contribution in [0.4, 0.5) is 0 Å². The fourth-order valence-corrected chi connectivity index (χ4v) is 3.63. The summed E-state index contributed by atoms with van der Waals surface area (Å²) in [5.41, 5.74) is 0.215. The second kappa shape index (κ2) is 9.39. The van der Waals surface area contributed by atoms with Crippen LogP contribution >= 0.6 is 12.4 Å². The van der Waals surface area contributed by atoms with Gasteiger partial charge in [-0.25, -0.2) is 0 Å². The smallest absolute Gasteiger partial charge is 0.252 e. The van der Waals surface area contributed by atoms with Gasteiger partial charge in [0.1, 0.15) is 17.4 Å². The summed E-state index contributed by atoms with van der Waals surface area (Å²) in [5.74, 6) is 0.582. The van der Waals surface area contributed by atoms with E-state index >= 15 is 0 Å². The molecule has 3 rings (SSSR count). The van der Waals surface area contributed by atoms with Crippen LogP contribution in [0.5, 0.6) is 5.75 Å². The lowest BCUT2D eigenvalue weighted by atomic mass is 9.90. The molecule has 2 N–H and O–H groups in total. The summed E-state index contributed by atoms with van der Waals surface area (Å²) in [4.78, 5) is 27.2. The van der Waals surface area contributed by atoms with Crippen molar-refractivity contribution in [2.75, 3.05) is 33.9 Å². The fraction of sp³-hybridized carbons (Fsp3) is 0.579. The van der Waals surface area contributed by atoms with E-state index in [2.05, 4.69) is 10.6 Å².